The molecule has 134 valence electrons. The van der Waals surface area contributed by atoms with Crippen molar-refractivity contribution in [3.05, 3.63) is 59.8 Å². The molecule has 0 aliphatic heterocycles. The number of aromatic nitrogens is 4. The van der Waals surface area contributed by atoms with Crippen LogP contribution in [0.5, 0.6) is 0 Å². The van der Waals surface area contributed by atoms with Gasteiger partial charge in [0.1, 0.15) is 18.4 Å². The molecular weight excluding hydrogens is 314 g/mol. The van der Waals surface area contributed by atoms with E-state index in [9.17, 15) is 0 Å². The summed E-state index contributed by atoms with van der Waals surface area (Å²) in [5.74, 6) is 1.57. The van der Waals surface area contributed by atoms with E-state index < -0.39 is 0 Å². The molecule has 3 rings (SSSR count). The van der Waals surface area contributed by atoms with E-state index in [1.165, 1.54) is 17.0 Å². The van der Waals surface area contributed by atoms with Crippen LogP contribution in [0.25, 0.3) is 0 Å². The predicted octanol–water partition coefficient (Wildman–Crippen LogP) is 3.65. The summed E-state index contributed by atoms with van der Waals surface area (Å²) in [5, 5.41) is 7.84. The van der Waals surface area contributed by atoms with Crippen LogP contribution in [0.1, 0.15) is 43.5 Å². The second kappa shape index (κ2) is 7.27. The first-order valence-corrected chi connectivity index (χ1v) is 8.77. The first-order valence-electron chi connectivity index (χ1n) is 8.77. The topological polar surface area (TPSA) is 52.0 Å². The monoisotopic (exact) mass is 341 g/mol. The average molecular weight is 341 g/mol. The van der Waals surface area contributed by atoms with E-state index in [4.69, 9.17) is 4.42 Å². The Morgan fingerprint density at radius 1 is 1.12 bits per heavy atom. The third-order valence-electron chi connectivity index (χ3n) is 4.99. The van der Waals surface area contributed by atoms with E-state index in [-0.39, 0.29) is 0 Å². The Labute approximate surface area is 149 Å². The Hall–Kier alpha value is -2.34. The summed E-state index contributed by atoms with van der Waals surface area (Å²) < 4.78 is 9.64. The highest BCUT2D eigenvalue weighted by Crippen LogP contribution is 2.22. The second-order valence-electron chi connectivity index (χ2n) is 7.02. The summed E-state index contributed by atoms with van der Waals surface area (Å²) in [5.41, 5.74) is 3.69. The number of rotatable bonds is 7. The van der Waals surface area contributed by atoms with Crippen LogP contribution in [0.3, 0.4) is 0 Å². The van der Waals surface area contributed by atoms with Gasteiger partial charge in [0, 0.05) is 24.0 Å². The van der Waals surface area contributed by atoms with Gasteiger partial charge in [-0.3, -0.25) is 9.58 Å². The number of hydrogen-bond acceptors (Lipinski definition) is 4. The van der Waals surface area contributed by atoms with Gasteiger partial charge in [-0.25, -0.2) is 4.68 Å². The number of hydrogen-bond donors (Lipinski definition) is 0. The van der Waals surface area contributed by atoms with Crippen molar-refractivity contribution in [3.63, 3.8) is 0 Å². The van der Waals surface area contributed by atoms with Gasteiger partial charge in [0.2, 0.25) is 0 Å². The van der Waals surface area contributed by atoms with E-state index in [1.807, 2.05) is 16.8 Å². The fourth-order valence-corrected chi connectivity index (χ4v) is 3.22. The minimum absolute atomic E-state index is 0.447. The third-order valence-corrected chi connectivity index (χ3v) is 4.99. The molecule has 25 heavy (non-hydrogen) atoms. The maximum atomic E-state index is 5.58. The first kappa shape index (κ1) is 17.5. The van der Waals surface area contributed by atoms with Gasteiger partial charge in [-0.15, -0.1) is 10.2 Å². The lowest BCUT2D eigenvalue weighted by atomic mass is 10.0. The zero-order valence-corrected chi connectivity index (χ0v) is 15.7. The van der Waals surface area contributed by atoms with Crippen molar-refractivity contribution in [3.8, 4) is 0 Å². The molecule has 0 unspecified atom stereocenters. The highest BCUT2D eigenvalue weighted by atomic mass is 16.3. The van der Waals surface area contributed by atoms with Crippen molar-refractivity contribution in [2.45, 2.75) is 53.8 Å². The standard InChI is InChI=1S/C19H27N5O/c1-14(2)16(4)22(11-19-7-6-8-25-19)10-18-9-15(3)24(17(18)5)23-12-20-21-13-23/h6-9,12-14,16H,10-11H2,1-5H3/t16-/m0/s1. The molecule has 0 radical (unpaired) electrons. The van der Waals surface area contributed by atoms with Crippen molar-refractivity contribution in [2.24, 2.45) is 5.92 Å². The van der Waals surface area contributed by atoms with E-state index >= 15 is 0 Å². The lowest BCUT2D eigenvalue weighted by molar-refractivity contribution is 0.140. The van der Waals surface area contributed by atoms with Crippen molar-refractivity contribution >= 4 is 0 Å². The van der Waals surface area contributed by atoms with Crippen molar-refractivity contribution in [1.82, 2.24) is 24.4 Å². The molecule has 0 aromatic carbocycles. The van der Waals surface area contributed by atoms with Gasteiger partial charge < -0.3 is 4.42 Å². The molecule has 0 saturated carbocycles. The lowest BCUT2D eigenvalue weighted by Crippen LogP contribution is -2.35. The summed E-state index contributed by atoms with van der Waals surface area (Å²) >= 11 is 0. The van der Waals surface area contributed by atoms with Crippen LogP contribution >= 0.6 is 0 Å². The van der Waals surface area contributed by atoms with Gasteiger partial charge in [-0.1, -0.05) is 13.8 Å². The maximum absolute atomic E-state index is 5.58. The zero-order chi connectivity index (χ0) is 18.0. The van der Waals surface area contributed by atoms with E-state index in [0.29, 0.717) is 12.0 Å². The molecule has 3 aromatic heterocycles. The van der Waals surface area contributed by atoms with Gasteiger partial charge in [-0.2, -0.15) is 0 Å². The first-order chi connectivity index (χ1) is 12.0. The minimum atomic E-state index is 0.447. The number of aryl methyl sites for hydroxylation is 1. The smallest absolute Gasteiger partial charge is 0.139 e. The van der Waals surface area contributed by atoms with Crippen LogP contribution in [-0.2, 0) is 13.1 Å². The summed E-state index contributed by atoms with van der Waals surface area (Å²) in [6.07, 6.45) is 5.19. The summed E-state index contributed by atoms with van der Waals surface area (Å²) in [6, 6.07) is 6.69. The molecule has 0 spiro atoms. The second-order valence-corrected chi connectivity index (χ2v) is 7.02. The van der Waals surface area contributed by atoms with Gasteiger partial charge in [0.25, 0.3) is 0 Å². The third kappa shape index (κ3) is 3.69. The SMILES string of the molecule is Cc1cc(CN(Cc2ccco2)[C@@H](C)C(C)C)c(C)n1-n1cnnc1. The van der Waals surface area contributed by atoms with Gasteiger partial charge in [0.15, 0.2) is 0 Å². The fraction of sp³-hybridized carbons (Fsp3) is 0.474. The lowest BCUT2D eigenvalue weighted by Gasteiger charge is -2.31. The fourth-order valence-electron chi connectivity index (χ4n) is 3.22. The Morgan fingerprint density at radius 3 is 2.44 bits per heavy atom. The summed E-state index contributed by atoms with van der Waals surface area (Å²) in [6.45, 7) is 12.8. The van der Waals surface area contributed by atoms with Gasteiger partial charge in [-0.05, 0) is 50.5 Å². The van der Waals surface area contributed by atoms with Crippen molar-refractivity contribution in [2.75, 3.05) is 0 Å². The van der Waals surface area contributed by atoms with Gasteiger partial charge in [0.05, 0.1) is 12.8 Å². The molecule has 0 aliphatic carbocycles. The highest BCUT2D eigenvalue weighted by Gasteiger charge is 2.21. The normalized spacial score (nSPS) is 13.1. The summed E-state index contributed by atoms with van der Waals surface area (Å²) in [4.78, 5) is 2.47. The molecule has 0 N–H and O–H groups in total. The molecular formula is C19H27N5O. The Morgan fingerprint density at radius 2 is 1.84 bits per heavy atom. The average Bonchev–Trinajstić information content (AvgIpc) is 3.29. The van der Waals surface area contributed by atoms with Crippen LogP contribution in [0.4, 0.5) is 0 Å². The van der Waals surface area contributed by atoms with Crippen LogP contribution < -0.4 is 0 Å². The molecule has 0 fully saturated rings. The molecule has 6 nitrogen and oxygen atoms in total. The highest BCUT2D eigenvalue weighted by molar-refractivity contribution is 5.27. The van der Waals surface area contributed by atoms with E-state index in [0.717, 1.165) is 18.8 Å². The van der Waals surface area contributed by atoms with E-state index in [2.05, 4.69) is 60.5 Å². The molecule has 0 aliphatic rings. The molecule has 3 aromatic rings. The molecule has 3 heterocycles. The van der Waals surface area contributed by atoms with Crippen LogP contribution in [0.15, 0.2) is 41.5 Å². The van der Waals surface area contributed by atoms with Gasteiger partial charge >= 0.3 is 0 Å². The molecule has 0 amide bonds. The molecule has 0 saturated heterocycles. The Kier molecular flexibility index (Phi) is 5.08. The molecule has 0 bridgehead atoms. The number of furan rings is 1. The number of nitrogens with zero attached hydrogens (tertiary/aromatic N) is 5. The quantitative estimate of drug-likeness (QED) is 0.658. The maximum Gasteiger partial charge on any atom is 0.139 e. The van der Waals surface area contributed by atoms with Crippen molar-refractivity contribution < 1.29 is 4.42 Å². The van der Waals surface area contributed by atoms with Crippen LogP contribution in [0, 0.1) is 19.8 Å². The molecule has 6 heteroatoms. The Balaban J connectivity index is 1.88. The molecule has 1 atom stereocenters. The minimum Gasteiger partial charge on any atom is -0.468 e. The zero-order valence-electron chi connectivity index (χ0n) is 15.7. The van der Waals surface area contributed by atoms with Crippen LogP contribution in [-0.4, -0.2) is 30.5 Å². The van der Waals surface area contributed by atoms with Crippen LogP contribution in [0.2, 0.25) is 0 Å². The largest absolute Gasteiger partial charge is 0.468 e. The van der Waals surface area contributed by atoms with E-state index in [1.54, 1.807) is 18.9 Å². The summed E-state index contributed by atoms with van der Waals surface area (Å²) in [7, 11) is 0. The van der Waals surface area contributed by atoms with Crippen molar-refractivity contribution in [1.29, 1.82) is 0 Å². The Bertz CT molecular complexity index is 786. The predicted molar refractivity (Wildman–Crippen MR) is 97.0 cm³/mol.